The van der Waals surface area contributed by atoms with Crippen LogP contribution in [0.2, 0.25) is 0 Å². The smallest absolute Gasteiger partial charge is 0.368 e. The van der Waals surface area contributed by atoms with Gasteiger partial charge in [-0.1, -0.05) is 13.8 Å². The van der Waals surface area contributed by atoms with E-state index < -0.39 is 27.5 Å². The van der Waals surface area contributed by atoms with Gasteiger partial charge in [-0.05, 0) is 30.4 Å². The Kier molecular flexibility index (Phi) is 7.47. The highest BCUT2D eigenvalue weighted by molar-refractivity contribution is 7.97. The lowest BCUT2D eigenvalue weighted by Crippen LogP contribution is -2.56. The zero-order valence-corrected chi connectivity index (χ0v) is 20.4. The van der Waals surface area contributed by atoms with Gasteiger partial charge in [-0.25, -0.2) is 22.8 Å². The summed E-state index contributed by atoms with van der Waals surface area (Å²) in [5, 5.41) is 0. The zero-order valence-electron chi connectivity index (χ0n) is 18.7. The molecule has 182 valence electrons. The lowest BCUT2D eigenvalue weighted by atomic mass is 9.99. The number of sulfone groups is 1. The highest BCUT2D eigenvalue weighted by Crippen LogP contribution is 2.34. The van der Waals surface area contributed by atoms with Gasteiger partial charge >= 0.3 is 6.18 Å². The fourth-order valence-corrected chi connectivity index (χ4v) is 5.16. The fourth-order valence-electron chi connectivity index (χ4n) is 3.88. The lowest BCUT2D eigenvalue weighted by Gasteiger charge is -2.44. The Balaban J connectivity index is 1.93. The number of aromatic nitrogens is 2. The third kappa shape index (κ3) is 5.71. The molecule has 1 fully saturated rings. The number of piperazine rings is 1. The van der Waals surface area contributed by atoms with Crippen LogP contribution in [-0.4, -0.2) is 56.6 Å². The first-order valence-electron chi connectivity index (χ1n) is 10.3. The number of alkyl halides is 3. The van der Waals surface area contributed by atoms with E-state index in [1.807, 2.05) is 18.7 Å². The molecule has 2 heterocycles. The van der Waals surface area contributed by atoms with E-state index in [9.17, 15) is 26.0 Å². The van der Waals surface area contributed by atoms with Gasteiger partial charge in [0.1, 0.15) is 10.7 Å². The second-order valence-electron chi connectivity index (χ2n) is 8.31. The Bertz CT molecular complexity index is 1110. The van der Waals surface area contributed by atoms with Crippen molar-refractivity contribution < 1.29 is 26.0 Å². The Morgan fingerprint density at radius 2 is 1.94 bits per heavy atom. The molecule has 33 heavy (non-hydrogen) atoms. The van der Waals surface area contributed by atoms with Gasteiger partial charge in [0, 0.05) is 49.1 Å². The van der Waals surface area contributed by atoms with E-state index in [0.29, 0.717) is 25.3 Å². The molecule has 3 rings (SSSR count). The van der Waals surface area contributed by atoms with Crippen molar-refractivity contribution in [2.75, 3.05) is 41.9 Å². The van der Waals surface area contributed by atoms with E-state index in [1.54, 1.807) is 11.2 Å². The van der Waals surface area contributed by atoms with Gasteiger partial charge in [-0.15, -0.1) is 0 Å². The predicted octanol–water partition coefficient (Wildman–Crippen LogP) is 4.25. The maximum absolute atomic E-state index is 14.0. The number of nitrogens with zero attached hydrogens (tertiary/aromatic N) is 4. The maximum atomic E-state index is 14.0. The molecule has 0 spiro atoms. The number of hydrogen-bond donors (Lipinski definition) is 0. The Labute approximate surface area is 195 Å². The van der Waals surface area contributed by atoms with Crippen LogP contribution in [0.15, 0.2) is 29.3 Å². The number of hydrogen-bond acceptors (Lipinski definition) is 7. The summed E-state index contributed by atoms with van der Waals surface area (Å²) in [6, 6.07) is 3.68. The number of benzene rings is 1. The molecule has 1 aliphatic heterocycles. The molecular formula is C21H26F4N4O2S2. The van der Waals surface area contributed by atoms with Crippen LogP contribution in [0.5, 0.6) is 0 Å². The first-order valence-corrected chi connectivity index (χ1v) is 13.5. The van der Waals surface area contributed by atoms with Gasteiger partial charge in [-0.2, -0.15) is 24.9 Å². The normalized spacial score (nSPS) is 17.7. The minimum atomic E-state index is -4.59. The van der Waals surface area contributed by atoms with Crippen molar-refractivity contribution in [1.82, 2.24) is 9.97 Å². The molecular weight excluding hydrogens is 480 g/mol. The van der Waals surface area contributed by atoms with E-state index >= 15 is 0 Å². The third-order valence-electron chi connectivity index (χ3n) is 5.54. The first-order chi connectivity index (χ1) is 15.3. The topological polar surface area (TPSA) is 66.4 Å². The Hall–Kier alpha value is -2.08. The summed E-state index contributed by atoms with van der Waals surface area (Å²) in [7, 11) is -3.75. The largest absolute Gasteiger partial charge is 0.433 e. The molecule has 0 unspecified atom stereocenters. The van der Waals surface area contributed by atoms with Crippen molar-refractivity contribution in [3.63, 3.8) is 0 Å². The number of anilines is 2. The van der Waals surface area contributed by atoms with Crippen LogP contribution < -0.4 is 9.80 Å². The third-order valence-corrected chi connectivity index (χ3v) is 7.26. The molecule has 1 aromatic heterocycles. The van der Waals surface area contributed by atoms with Crippen molar-refractivity contribution in [3.8, 4) is 0 Å². The first kappa shape index (κ1) is 25.5. The zero-order chi connectivity index (χ0) is 24.6. The molecule has 0 saturated carbocycles. The van der Waals surface area contributed by atoms with Gasteiger partial charge in [0.2, 0.25) is 5.95 Å². The molecule has 0 aliphatic carbocycles. The minimum absolute atomic E-state index is 0.0152. The molecule has 1 saturated heterocycles. The highest BCUT2D eigenvalue weighted by Gasteiger charge is 2.38. The molecule has 1 aliphatic rings. The molecule has 0 N–H and O–H groups in total. The number of halogens is 4. The van der Waals surface area contributed by atoms with Crippen LogP contribution in [0.25, 0.3) is 0 Å². The maximum Gasteiger partial charge on any atom is 0.433 e. The molecule has 1 aromatic carbocycles. The van der Waals surface area contributed by atoms with Crippen LogP contribution in [0.4, 0.5) is 29.2 Å². The number of thioether (sulfide) groups is 1. The average molecular weight is 507 g/mol. The molecule has 0 amide bonds. The highest BCUT2D eigenvalue weighted by atomic mass is 32.2. The van der Waals surface area contributed by atoms with E-state index in [2.05, 4.69) is 9.97 Å². The molecule has 2 aromatic rings. The summed E-state index contributed by atoms with van der Waals surface area (Å²) in [5.74, 6) is -0.615. The summed E-state index contributed by atoms with van der Waals surface area (Å²) >= 11 is 1.26. The summed E-state index contributed by atoms with van der Waals surface area (Å²) in [4.78, 5) is 11.4. The molecule has 0 radical (unpaired) electrons. The summed E-state index contributed by atoms with van der Waals surface area (Å²) in [6.45, 7) is 4.99. The van der Waals surface area contributed by atoms with Crippen molar-refractivity contribution in [2.45, 2.75) is 36.7 Å². The Morgan fingerprint density at radius 1 is 1.24 bits per heavy atom. The van der Waals surface area contributed by atoms with Crippen LogP contribution >= 0.6 is 11.8 Å². The molecule has 12 heteroatoms. The SMILES string of the molecule is CSCc1cnc(N2CCN(c3ccc(F)c(S(C)(=O)=O)c3)C[C@H]2C(C)C)nc1C(F)(F)F. The molecule has 6 nitrogen and oxygen atoms in total. The van der Waals surface area contributed by atoms with E-state index in [4.69, 9.17) is 0 Å². The number of rotatable bonds is 6. The van der Waals surface area contributed by atoms with Crippen molar-refractivity contribution in [3.05, 3.63) is 41.5 Å². The monoisotopic (exact) mass is 506 g/mol. The standard InChI is InChI=1S/C21H26F4N4O2S2/c1-13(2)17-11-28(15-5-6-16(22)18(9-15)33(4,30)31)7-8-29(17)20-26-10-14(12-32-3)19(27-20)21(23,24)25/h5-6,9-10,13,17H,7-8,11-12H2,1-4H3/t17-/m0/s1. The van der Waals surface area contributed by atoms with Crippen LogP contribution in [-0.2, 0) is 21.8 Å². The molecule has 1 atom stereocenters. The van der Waals surface area contributed by atoms with Crippen molar-refractivity contribution in [1.29, 1.82) is 0 Å². The van der Waals surface area contributed by atoms with Crippen LogP contribution in [0.3, 0.4) is 0 Å². The van der Waals surface area contributed by atoms with E-state index in [1.165, 1.54) is 30.1 Å². The summed E-state index contributed by atoms with van der Waals surface area (Å²) in [5.41, 5.74) is -0.351. The predicted molar refractivity (Wildman–Crippen MR) is 122 cm³/mol. The van der Waals surface area contributed by atoms with Gasteiger partial charge in [-0.3, -0.25) is 0 Å². The van der Waals surface area contributed by atoms with E-state index in [-0.39, 0.29) is 34.1 Å². The van der Waals surface area contributed by atoms with Gasteiger partial charge in [0.15, 0.2) is 15.5 Å². The van der Waals surface area contributed by atoms with Crippen molar-refractivity contribution in [2.24, 2.45) is 5.92 Å². The van der Waals surface area contributed by atoms with Crippen molar-refractivity contribution >= 4 is 33.2 Å². The van der Waals surface area contributed by atoms with E-state index in [0.717, 1.165) is 12.3 Å². The quantitative estimate of drug-likeness (QED) is 0.543. The second kappa shape index (κ2) is 9.65. The Morgan fingerprint density at radius 3 is 2.52 bits per heavy atom. The average Bonchev–Trinajstić information content (AvgIpc) is 2.72. The summed E-state index contributed by atoms with van der Waals surface area (Å²) < 4.78 is 78.7. The second-order valence-corrected chi connectivity index (χ2v) is 11.2. The van der Waals surface area contributed by atoms with Gasteiger partial charge < -0.3 is 9.80 Å². The summed E-state index contributed by atoms with van der Waals surface area (Å²) in [6.07, 6.45) is -0.690. The minimum Gasteiger partial charge on any atom is -0.368 e. The fraction of sp³-hybridized carbons (Fsp3) is 0.524. The molecule has 0 bridgehead atoms. The lowest BCUT2D eigenvalue weighted by molar-refractivity contribution is -0.141. The van der Waals surface area contributed by atoms with Gasteiger partial charge in [0.25, 0.3) is 0 Å². The van der Waals surface area contributed by atoms with Crippen LogP contribution in [0.1, 0.15) is 25.1 Å². The van der Waals surface area contributed by atoms with Gasteiger partial charge in [0.05, 0.1) is 6.04 Å². The van der Waals surface area contributed by atoms with Crippen LogP contribution in [0, 0.1) is 11.7 Å².